The summed E-state index contributed by atoms with van der Waals surface area (Å²) in [5, 5.41) is 2.26. The van der Waals surface area contributed by atoms with Crippen molar-refractivity contribution in [3.63, 3.8) is 0 Å². The number of carbonyl (C=O) groups excluding carboxylic acids is 2. The predicted octanol–water partition coefficient (Wildman–Crippen LogP) is 4.01. The Kier molecular flexibility index (Phi) is 7.22. The van der Waals surface area contributed by atoms with Crippen molar-refractivity contribution >= 4 is 45.0 Å². The van der Waals surface area contributed by atoms with Gasteiger partial charge in [0.2, 0.25) is 5.91 Å². The van der Waals surface area contributed by atoms with E-state index in [1.54, 1.807) is 79.7 Å². The molecule has 32 heavy (non-hydrogen) atoms. The summed E-state index contributed by atoms with van der Waals surface area (Å²) >= 11 is 1.30. The topological polar surface area (TPSA) is 118 Å². The van der Waals surface area contributed by atoms with Crippen molar-refractivity contribution in [1.82, 2.24) is 0 Å². The van der Waals surface area contributed by atoms with E-state index in [9.17, 15) is 18.0 Å². The number of carbonyl (C=O) groups is 2. The molecule has 0 saturated heterocycles. The first-order valence-electron chi connectivity index (χ1n) is 9.71. The smallest absolute Gasteiger partial charge is 0.261 e. The van der Waals surface area contributed by atoms with E-state index < -0.39 is 21.2 Å². The van der Waals surface area contributed by atoms with Crippen LogP contribution in [0.5, 0.6) is 0 Å². The van der Waals surface area contributed by atoms with Gasteiger partial charge in [-0.25, -0.2) is 8.42 Å². The van der Waals surface area contributed by atoms with Gasteiger partial charge in [-0.1, -0.05) is 29.8 Å². The van der Waals surface area contributed by atoms with Gasteiger partial charge in [-0.05, 0) is 62.4 Å². The van der Waals surface area contributed by atoms with Crippen molar-refractivity contribution < 1.29 is 18.0 Å². The fraction of sp³-hybridized carbons (Fsp3) is 0.130. The van der Waals surface area contributed by atoms with Crippen LogP contribution >= 0.6 is 11.8 Å². The number of primary amides is 1. The van der Waals surface area contributed by atoms with Crippen LogP contribution in [-0.2, 0) is 14.8 Å². The van der Waals surface area contributed by atoms with Gasteiger partial charge in [0.1, 0.15) is 0 Å². The van der Waals surface area contributed by atoms with Crippen LogP contribution in [0.1, 0.15) is 22.8 Å². The van der Waals surface area contributed by atoms with Gasteiger partial charge in [-0.3, -0.25) is 14.3 Å². The summed E-state index contributed by atoms with van der Waals surface area (Å²) in [7, 11) is -3.68. The number of hydrogen-bond donors (Lipinski definition) is 3. The van der Waals surface area contributed by atoms with Gasteiger partial charge in [0.15, 0.2) is 0 Å². The number of benzene rings is 3. The lowest BCUT2D eigenvalue weighted by Crippen LogP contribution is -2.24. The number of hydrogen-bond acceptors (Lipinski definition) is 5. The summed E-state index contributed by atoms with van der Waals surface area (Å²) in [5.74, 6) is -0.905. The van der Waals surface area contributed by atoms with E-state index in [0.717, 1.165) is 10.5 Å². The molecule has 0 aliphatic rings. The maximum Gasteiger partial charge on any atom is 0.261 e. The first kappa shape index (κ1) is 23.4. The number of thioether (sulfide) groups is 1. The predicted molar refractivity (Wildman–Crippen MR) is 127 cm³/mol. The summed E-state index contributed by atoms with van der Waals surface area (Å²) in [6.45, 7) is 3.62. The molecule has 0 aromatic heterocycles. The number of para-hydroxylation sites is 1. The molecule has 4 N–H and O–H groups in total. The molecule has 0 fully saturated rings. The molecule has 0 radical (unpaired) electrons. The second-order valence-electron chi connectivity index (χ2n) is 7.10. The molecule has 0 aliphatic heterocycles. The standard InChI is InChI=1S/C23H23N3O4S2/c1-15-7-13-19(14-8-15)32(29,30)26-17-9-11-18(12-10-17)31-16(2)23(28)25-21-6-4-3-5-20(21)22(24)27/h3-14,16,26H,1-2H3,(H2,24,27)(H,25,28). The van der Waals surface area contributed by atoms with E-state index >= 15 is 0 Å². The molecule has 3 rings (SSSR count). The van der Waals surface area contributed by atoms with Crippen molar-refractivity contribution in [3.05, 3.63) is 83.9 Å². The zero-order chi connectivity index (χ0) is 23.3. The van der Waals surface area contributed by atoms with E-state index in [1.165, 1.54) is 11.8 Å². The molecular formula is C23H23N3O4S2. The molecule has 1 atom stereocenters. The maximum atomic E-state index is 12.6. The van der Waals surface area contributed by atoms with E-state index in [4.69, 9.17) is 5.73 Å². The van der Waals surface area contributed by atoms with Crippen LogP contribution in [0.15, 0.2) is 82.6 Å². The zero-order valence-electron chi connectivity index (χ0n) is 17.5. The summed E-state index contributed by atoms with van der Waals surface area (Å²) in [6.07, 6.45) is 0. The Morgan fingerprint density at radius 3 is 2.19 bits per heavy atom. The van der Waals surface area contributed by atoms with Crippen molar-refractivity contribution in [3.8, 4) is 0 Å². The largest absolute Gasteiger partial charge is 0.366 e. The number of aryl methyl sites for hydroxylation is 1. The normalized spacial score (nSPS) is 12.1. The quantitative estimate of drug-likeness (QED) is 0.431. The first-order valence-corrected chi connectivity index (χ1v) is 12.1. The van der Waals surface area contributed by atoms with E-state index in [1.807, 2.05) is 6.92 Å². The second-order valence-corrected chi connectivity index (χ2v) is 10.2. The van der Waals surface area contributed by atoms with Crippen LogP contribution < -0.4 is 15.8 Å². The first-order chi connectivity index (χ1) is 15.2. The van der Waals surface area contributed by atoms with Gasteiger partial charge in [-0.15, -0.1) is 11.8 Å². The fourth-order valence-electron chi connectivity index (χ4n) is 2.83. The van der Waals surface area contributed by atoms with Crippen molar-refractivity contribution in [2.45, 2.75) is 28.9 Å². The van der Waals surface area contributed by atoms with Gasteiger partial charge in [0.05, 0.1) is 21.4 Å². The lowest BCUT2D eigenvalue weighted by molar-refractivity contribution is -0.115. The highest BCUT2D eigenvalue weighted by Gasteiger charge is 2.18. The highest BCUT2D eigenvalue weighted by Crippen LogP contribution is 2.27. The zero-order valence-corrected chi connectivity index (χ0v) is 19.2. The summed E-state index contributed by atoms with van der Waals surface area (Å²) < 4.78 is 27.6. The van der Waals surface area contributed by atoms with Crippen molar-refractivity contribution in [2.75, 3.05) is 10.0 Å². The van der Waals surface area contributed by atoms with Crippen LogP contribution in [0, 0.1) is 6.92 Å². The summed E-state index contributed by atoms with van der Waals surface area (Å²) in [4.78, 5) is 25.0. The highest BCUT2D eigenvalue weighted by atomic mass is 32.2. The molecule has 0 saturated carbocycles. The summed E-state index contributed by atoms with van der Waals surface area (Å²) in [6, 6.07) is 19.9. The molecule has 2 amide bonds. The molecule has 3 aromatic carbocycles. The molecule has 9 heteroatoms. The van der Waals surface area contributed by atoms with E-state index in [-0.39, 0.29) is 16.4 Å². The van der Waals surface area contributed by atoms with Crippen molar-refractivity contribution in [2.24, 2.45) is 5.73 Å². The van der Waals surface area contributed by atoms with Crippen LogP contribution in [0.25, 0.3) is 0 Å². The third-order valence-electron chi connectivity index (χ3n) is 4.57. The number of sulfonamides is 1. The minimum atomic E-state index is -3.68. The molecule has 7 nitrogen and oxygen atoms in total. The molecule has 1 unspecified atom stereocenters. The Morgan fingerprint density at radius 2 is 1.56 bits per heavy atom. The van der Waals surface area contributed by atoms with Gasteiger partial charge < -0.3 is 11.1 Å². The Labute approximate surface area is 191 Å². The molecule has 0 aliphatic carbocycles. The Hall–Kier alpha value is -3.30. The van der Waals surface area contributed by atoms with Crippen LogP contribution in [-0.4, -0.2) is 25.5 Å². The Balaban J connectivity index is 1.63. The molecular weight excluding hydrogens is 446 g/mol. The Morgan fingerprint density at radius 1 is 0.938 bits per heavy atom. The SMILES string of the molecule is Cc1ccc(S(=O)(=O)Nc2ccc(SC(C)C(=O)Nc3ccccc3C(N)=O)cc2)cc1. The minimum absolute atomic E-state index is 0.183. The molecule has 0 heterocycles. The van der Waals surface area contributed by atoms with Crippen LogP contribution in [0.4, 0.5) is 11.4 Å². The number of rotatable bonds is 8. The van der Waals surface area contributed by atoms with Gasteiger partial charge in [0.25, 0.3) is 15.9 Å². The van der Waals surface area contributed by atoms with Crippen LogP contribution in [0.2, 0.25) is 0 Å². The number of nitrogens with two attached hydrogens (primary N) is 1. The third kappa shape index (κ3) is 5.89. The lowest BCUT2D eigenvalue weighted by atomic mass is 10.1. The fourth-order valence-corrected chi connectivity index (χ4v) is 4.76. The molecule has 3 aromatic rings. The monoisotopic (exact) mass is 469 g/mol. The number of nitrogens with one attached hydrogen (secondary N) is 2. The Bertz CT molecular complexity index is 1220. The average molecular weight is 470 g/mol. The van der Waals surface area contributed by atoms with E-state index in [2.05, 4.69) is 10.0 Å². The van der Waals surface area contributed by atoms with Gasteiger partial charge in [0, 0.05) is 10.6 Å². The molecule has 0 spiro atoms. The highest BCUT2D eigenvalue weighted by molar-refractivity contribution is 8.00. The average Bonchev–Trinajstić information content (AvgIpc) is 2.75. The van der Waals surface area contributed by atoms with Gasteiger partial charge in [-0.2, -0.15) is 0 Å². The minimum Gasteiger partial charge on any atom is -0.366 e. The third-order valence-corrected chi connectivity index (χ3v) is 7.08. The second kappa shape index (κ2) is 9.88. The lowest BCUT2D eigenvalue weighted by Gasteiger charge is -2.14. The van der Waals surface area contributed by atoms with Crippen molar-refractivity contribution in [1.29, 1.82) is 0 Å². The number of anilines is 2. The molecule has 0 bridgehead atoms. The molecule has 166 valence electrons. The summed E-state index contributed by atoms with van der Waals surface area (Å²) in [5.41, 5.74) is 7.34. The number of amides is 2. The van der Waals surface area contributed by atoms with Crippen LogP contribution in [0.3, 0.4) is 0 Å². The van der Waals surface area contributed by atoms with E-state index in [0.29, 0.717) is 11.4 Å². The maximum absolute atomic E-state index is 12.6. The van der Waals surface area contributed by atoms with Gasteiger partial charge >= 0.3 is 0 Å².